The van der Waals surface area contributed by atoms with Crippen LogP contribution < -0.4 is 4.74 Å². The minimum absolute atomic E-state index is 0.254. The van der Waals surface area contributed by atoms with Crippen molar-refractivity contribution in [3.63, 3.8) is 0 Å². The normalized spacial score (nSPS) is 9.28. The van der Waals surface area contributed by atoms with Crippen molar-refractivity contribution in [1.82, 2.24) is 0 Å². The van der Waals surface area contributed by atoms with Crippen LogP contribution in [0.4, 0.5) is 0 Å². The molecular formula is C15H24O3. The second-order valence-electron chi connectivity index (χ2n) is 3.87. The molecule has 0 heterocycles. The van der Waals surface area contributed by atoms with Crippen LogP contribution in [0.1, 0.15) is 45.1 Å². The quantitative estimate of drug-likeness (QED) is 0.745. The van der Waals surface area contributed by atoms with Gasteiger partial charge in [0.05, 0.1) is 6.61 Å². The van der Waals surface area contributed by atoms with Gasteiger partial charge in [0.1, 0.15) is 5.75 Å². The molecule has 1 aromatic rings. The van der Waals surface area contributed by atoms with Crippen LogP contribution in [0.15, 0.2) is 24.3 Å². The highest BCUT2D eigenvalue weighted by Crippen LogP contribution is 2.12. The first-order valence-electron chi connectivity index (χ1n) is 6.60. The molecule has 3 nitrogen and oxygen atoms in total. The Balaban J connectivity index is 0.00000137. The predicted molar refractivity (Wildman–Crippen MR) is 74.1 cm³/mol. The largest absolute Gasteiger partial charge is 0.494 e. The van der Waals surface area contributed by atoms with Gasteiger partial charge in [0.15, 0.2) is 0 Å². The van der Waals surface area contributed by atoms with Crippen LogP contribution in [0.3, 0.4) is 0 Å². The van der Waals surface area contributed by atoms with E-state index in [9.17, 15) is 4.79 Å². The molecule has 1 aromatic carbocycles. The zero-order chi connectivity index (χ0) is 13.8. The second-order valence-corrected chi connectivity index (χ2v) is 3.87. The molecule has 0 amide bonds. The summed E-state index contributed by atoms with van der Waals surface area (Å²) in [7, 11) is 0. The van der Waals surface area contributed by atoms with Crippen molar-refractivity contribution in [2.75, 3.05) is 6.61 Å². The Labute approximate surface area is 110 Å². The van der Waals surface area contributed by atoms with E-state index in [-0.39, 0.29) is 6.42 Å². The third kappa shape index (κ3) is 8.62. The number of ether oxygens (including phenoxy) is 1. The van der Waals surface area contributed by atoms with Gasteiger partial charge in [-0.15, -0.1) is 0 Å². The maximum absolute atomic E-state index is 10.3. The molecule has 0 radical (unpaired) electrons. The Morgan fingerprint density at radius 2 is 1.72 bits per heavy atom. The Hall–Kier alpha value is -1.51. The number of carboxylic acid groups (broad SMARTS) is 1. The molecule has 0 spiro atoms. The number of rotatable bonds is 7. The van der Waals surface area contributed by atoms with E-state index in [0.29, 0.717) is 6.61 Å². The molecule has 18 heavy (non-hydrogen) atoms. The van der Waals surface area contributed by atoms with Gasteiger partial charge in [-0.25, -0.2) is 0 Å². The maximum Gasteiger partial charge on any atom is 0.303 e. The lowest BCUT2D eigenvalue weighted by molar-refractivity contribution is -0.137. The van der Waals surface area contributed by atoms with Crippen molar-refractivity contribution in [1.29, 1.82) is 0 Å². The fraction of sp³-hybridized carbons (Fsp3) is 0.533. The lowest BCUT2D eigenvalue weighted by Gasteiger charge is -2.05. The summed E-state index contributed by atoms with van der Waals surface area (Å²) in [6.45, 7) is 6.69. The molecule has 0 saturated carbocycles. The van der Waals surface area contributed by atoms with E-state index in [4.69, 9.17) is 9.84 Å². The molecule has 0 atom stereocenters. The SMILES string of the molecule is CC.Cc1ccc(OCCCCCC(=O)O)cc1. The van der Waals surface area contributed by atoms with Gasteiger partial charge in [-0.1, -0.05) is 31.5 Å². The summed E-state index contributed by atoms with van der Waals surface area (Å²) in [6, 6.07) is 7.93. The smallest absolute Gasteiger partial charge is 0.303 e. The van der Waals surface area contributed by atoms with Gasteiger partial charge in [-0.3, -0.25) is 4.79 Å². The van der Waals surface area contributed by atoms with E-state index in [1.807, 2.05) is 45.0 Å². The van der Waals surface area contributed by atoms with Gasteiger partial charge in [-0.05, 0) is 38.3 Å². The van der Waals surface area contributed by atoms with Crippen molar-refractivity contribution in [2.45, 2.75) is 46.5 Å². The summed E-state index contributed by atoms with van der Waals surface area (Å²) in [5, 5.41) is 8.44. The fourth-order valence-corrected chi connectivity index (χ4v) is 1.38. The predicted octanol–water partition coefficient (Wildman–Crippen LogP) is 4.05. The third-order valence-corrected chi connectivity index (χ3v) is 2.32. The summed E-state index contributed by atoms with van der Waals surface area (Å²) < 4.78 is 5.52. The Morgan fingerprint density at radius 1 is 1.11 bits per heavy atom. The summed E-state index contributed by atoms with van der Waals surface area (Å²) in [5.74, 6) is 0.156. The van der Waals surface area contributed by atoms with Crippen LogP contribution in [0.2, 0.25) is 0 Å². The third-order valence-electron chi connectivity index (χ3n) is 2.32. The Bertz CT molecular complexity index is 317. The lowest BCUT2D eigenvalue weighted by Crippen LogP contribution is -1.99. The first-order valence-corrected chi connectivity index (χ1v) is 6.60. The van der Waals surface area contributed by atoms with E-state index in [0.717, 1.165) is 25.0 Å². The molecule has 0 saturated heterocycles. The molecule has 0 unspecified atom stereocenters. The van der Waals surface area contributed by atoms with Gasteiger partial charge < -0.3 is 9.84 Å². The van der Waals surface area contributed by atoms with Crippen molar-refractivity contribution in [3.8, 4) is 5.75 Å². The summed E-state index contributed by atoms with van der Waals surface area (Å²) in [5.41, 5.74) is 1.22. The monoisotopic (exact) mass is 252 g/mol. The number of benzene rings is 1. The van der Waals surface area contributed by atoms with Crippen molar-refractivity contribution in [2.24, 2.45) is 0 Å². The fourth-order valence-electron chi connectivity index (χ4n) is 1.38. The Kier molecular flexibility index (Phi) is 9.74. The van der Waals surface area contributed by atoms with Crippen LogP contribution in [-0.4, -0.2) is 17.7 Å². The molecule has 0 aliphatic heterocycles. The topological polar surface area (TPSA) is 46.5 Å². The van der Waals surface area contributed by atoms with Crippen molar-refractivity contribution >= 4 is 5.97 Å². The molecular weight excluding hydrogens is 228 g/mol. The summed E-state index contributed by atoms with van der Waals surface area (Å²) in [6.07, 6.45) is 2.79. The van der Waals surface area contributed by atoms with Crippen molar-refractivity contribution < 1.29 is 14.6 Å². The lowest BCUT2D eigenvalue weighted by atomic mass is 10.2. The highest BCUT2D eigenvalue weighted by molar-refractivity contribution is 5.66. The van der Waals surface area contributed by atoms with Crippen LogP contribution in [0, 0.1) is 6.92 Å². The van der Waals surface area contributed by atoms with E-state index in [1.54, 1.807) is 0 Å². The van der Waals surface area contributed by atoms with Crippen molar-refractivity contribution in [3.05, 3.63) is 29.8 Å². The van der Waals surface area contributed by atoms with Gasteiger partial charge >= 0.3 is 5.97 Å². The van der Waals surface area contributed by atoms with E-state index in [1.165, 1.54) is 5.56 Å². The molecule has 102 valence electrons. The first kappa shape index (κ1) is 16.5. The first-order chi connectivity index (χ1) is 8.68. The van der Waals surface area contributed by atoms with Gasteiger partial charge in [0.25, 0.3) is 0 Å². The molecule has 0 bridgehead atoms. The summed E-state index contributed by atoms with van der Waals surface area (Å²) >= 11 is 0. The Morgan fingerprint density at radius 3 is 2.28 bits per heavy atom. The van der Waals surface area contributed by atoms with Crippen LogP contribution in [-0.2, 0) is 4.79 Å². The number of carbonyl (C=O) groups is 1. The molecule has 0 aromatic heterocycles. The molecule has 0 aliphatic carbocycles. The second kappa shape index (κ2) is 10.6. The minimum Gasteiger partial charge on any atom is -0.494 e. The van der Waals surface area contributed by atoms with Gasteiger partial charge in [0.2, 0.25) is 0 Å². The number of aryl methyl sites for hydroxylation is 1. The number of aliphatic carboxylic acids is 1. The summed E-state index contributed by atoms with van der Waals surface area (Å²) in [4.78, 5) is 10.3. The van der Waals surface area contributed by atoms with E-state index in [2.05, 4.69) is 0 Å². The zero-order valence-electron chi connectivity index (χ0n) is 11.6. The highest BCUT2D eigenvalue weighted by Gasteiger charge is 1.97. The van der Waals surface area contributed by atoms with Gasteiger partial charge in [-0.2, -0.15) is 0 Å². The average Bonchev–Trinajstić information content (AvgIpc) is 2.38. The van der Waals surface area contributed by atoms with Crippen LogP contribution in [0.5, 0.6) is 5.75 Å². The number of unbranched alkanes of at least 4 members (excludes halogenated alkanes) is 2. The van der Waals surface area contributed by atoms with Crippen LogP contribution in [0.25, 0.3) is 0 Å². The minimum atomic E-state index is -0.723. The average molecular weight is 252 g/mol. The number of hydrogen-bond acceptors (Lipinski definition) is 2. The van der Waals surface area contributed by atoms with Crippen LogP contribution >= 0.6 is 0 Å². The standard InChI is InChI=1S/C13H18O3.C2H6/c1-11-6-8-12(9-7-11)16-10-4-2-3-5-13(14)15;1-2/h6-9H,2-5,10H2,1H3,(H,14,15);1-2H3. The number of hydrogen-bond donors (Lipinski definition) is 1. The molecule has 1 N–H and O–H groups in total. The molecule has 3 heteroatoms. The highest BCUT2D eigenvalue weighted by atomic mass is 16.5. The molecule has 0 aliphatic rings. The zero-order valence-corrected chi connectivity index (χ0v) is 11.6. The molecule has 1 rings (SSSR count). The maximum atomic E-state index is 10.3. The van der Waals surface area contributed by atoms with E-state index < -0.39 is 5.97 Å². The van der Waals surface area contributed by atoms with E-state index >= 15 is 0 Å². The molecule has 0 fully saturated rings. The number of carboxylic acids is 1. The van der Waals surface area contributed by atoms with Gasteiger partial charge in [0, 0.05) is 6.42 Å².